The summed E-state index contributed by atoms with van der Waals surface area (Å²) in [5, 5.41) is 5.87. The predicted octanol–water partition coefficient (Wildman–Crippen LogP) is 1.26. The van der Waals surface area contributed by atoms with Gasteiger partial charge in [-0.2, -0.15) is 0 Å². The second-order valence-electron chi connectivity index (χ2n) is 3.88. The fraction of sp³-hybridized carbons (Fsp3) is 0.462. The molecule has 3 nitrogen and oxygen atoms in total. The summed E-state index contributed by atoms with van der Waals surface area (Å²) >= 11 is 0. The number of rotatable bonds is 6. The predicted molar refractivity (Wildman–Crippen MR) is 66.4 cm³/mol. The highest BCUT2D eigenvalue weighted by molar-refractivity contribution is 5.76. The van der Waals surface area contributed by atoms with Gasteiger partial charge in [0.1, 0.15) is 0 Å². The molecule has 0 unspecified atom stereocenters. The summed E-state index contributed by atoms with van der Waals surface area (Å²) in [6.45, 7) is 3.54. The Morgan fingerprint density at radius 2 is 2.00 bits per heavy atom. The molecule has 0 aliphatic rings. The number of amides is 1. The maximum Gasteiger partial charge on any atom is 0.221 e. The lowest BCUT2D eigenvalue weighted by Crippen LogP contribution is -2.28. The van der Waals surface area contributed by atoms with E-state index < -0.39 is 0 Å². The van der Waals surface area contributed by atoms with Gasteiger partial charge in [-0.05, 0) is 31.5 Å². The van der Waals surface area contributed by atoms with Crippen molar-refractivity contribution in [3.63, 3.8) is 0 Å². The fourth-order valence-corrected chi connectivity index (χ4v) is 1.55. The zero-order valence-electron chi connectivity index (χ0n) is 10.0. The zero-order valence-corrected chi connectivity index (χ0v) is 10.0. The van der Waals surface area contributed by atoms with Crippen LogP contribution in [0, 0.1) is 6.92 Å². The van der Waals surface area contributed by atoms with Crippen LogP contribution in [0.4, 0.5) is 0 Å². The van der Waals surface area contributed by atoms with E-state index in [1.165, 1.54) is 11.1 Å². The van der Waals surface area contributed by atoms with E-state index in [1.807, 2.05) is 19.2 Å². The summed E-state index contributed by atoms with van der Waals surface area (Å²) in [7, 11) is 1.85. The van der Waals surface area contributed by atoms with Gasteiger partial charge in [0.25, 0.3) is 0 Å². The van der Waals surface area contributed by atoms with E-state index in [4.69, 9.17) is 0 Å². The summed E-state index contributed by atoms with van der Waals surface area (Å²) in [6.07, 6.45) is 1.45. The van der Waals surface area contributed by atoms with Crippen LogP contribution in [0.15, 0.2) is 24.3 Å². The van der Waals surface area contributed by atoms with Crippen LogP contribution in [0.5, 0.6) is 0 Å². The van der Waals surface area contributed by atoms with Crippen molar-refractivity contribution in [3.8, 4) is 0 Å². The minimum Gasteiger partial charge on any atom is -0.356 e. The quantitative estimate of drug-likeness (QED) is 0.758. The summed E-state index contributed by atoms with van der Waals surface area (Å²) < 4.78 is 0. The highest BCUT2D eigenvalue weighted by Crippen LogP contribution is 2.06. The molecule has 16 heavy (non-hydrogen) atoms. The molecular formula is C13H20N2O. The van der Waals surface area contributed by atoms with Gasteiger partial charge in [0.2, 0.25) is 5.91 Å². The number of hydrogen-bond acceptors (Lipinski definition) is 2. The van der Waals surface area contributed by atoms with Crippen LogP contribution in [-0.4, -0.2) is 26.0 Å². The van der Waals surface area contributed by atoms with Gasteiger partial charge < -0.3 is 10.6 Å². The Bertz CT molecular complexity index is 336. The van der Waals surface area contributed by atoms with Gasteiger partial charge >= 0.3 is 0 Å². The Balaban J connectivity index is 2.25. The molecule has 0 saturated heterocycles. The van der Waals surface area contributed by atoms with E-state index in [9.17, 15) is 4.79 Å². The SMILES string of the molecule is CNCCC(=O)NCCc1ccccc1C. The summed E-state index contributed by atoms with van der Waals surface area (Å²) in [6, 6.07) is 8.27. The Labute approximate surface area is 97.2 Å². The number of carbonyl (C=O) groups is 1. The van der Waals surface area contributed by atoms with Gasteiger partial charge in [-0.25, -0.2) is 0 Å². The first-order valence-corrected chi connectivity index (χ1v) is 5.70. The first-order chi connectivity index (χ1) is 7.74. The average molecular weight is 220 g/mol. The minimum atomic E-state index is 0.114. The molecule has 0 saturated carbocycles. The van der Waals surface area contributed by atoms with Gasteiger partial charge in [-0.1, -0.05) is 24.3 Å². The van der Waals surface area contributed by atoms with Crippen molar-refractivity contribution >= 4 is 5.91 Å². The maximum absolute atomic E-state index is 11.3. The van der Waals surface area contributed by atoms with Crippen LogP contribution in [0.2, 0.25) is 0 Å². The number of carbonyl (C=O) groups excluding carboxylic acids is 1. The third-order valence-electron chi connectivity index (χ3n) is 2.58. The second kappa shape index (κ2) is 7.01. The van der Waals surface area contributed by atoms with Crippen molar-refractivity contribution in [2.24, 2.45) is 0 Å². The van der Waals surface area contributed by atoms with Crippen LogP contribution in [0.1, 0.15) is 17.5 Å². The molecule has 0 atom stereocenters. The van der Waals surface area contributed by atoms with Crippen LogP contribution < -0.4 is 10.6 Å². The summed E-state index contributed by atoms with van der Waals surface area (Å²) in [5.74, 6) is 0.114. The Morgan fingerprint density at radius 1 is 1.25 bits per heavy atom. The lowest BCUT2D eigenvalue weighted by Gasteiger charge is -2.07. The van der Waals surface area contributed by atoms with Crippen LogP contribution in [0.25, 0.3) is 0 Å². The molecule has 0 bridgehead atoms. The maximum atomic E-state index is 11.3. The molecule has 0 aliphatic carbocycles. The van der Waals surface area contributed by atoms with Gasteiger partial charge in [0.15, 0.2) is 0 Å². The summed E-state index contributed by atoms with van der Waals surface area (Å²) in [5.41, 5.74) is 2.59. The molecular weight excluding hydrogens is 200 g/mol. The Hall–Kier alpha value is -1.35. The zero-order chi connectivity index (χ0) is 11.8. The minimum absolute atomic E-state index is 0.114. The number of nitrogens with one attached hydrogen (secondary N) is 2. The monoisotopic (exact) mass is 220 g/mol. The lowest BCUT2D eigenvalue weighted by atomic mass is 10.1. The van der Waals surface area contributed by atoms with E-state index >= 15 is 0 Å². The first kappa shape index (κ1) is 12.7. The molecule has 88 valence electrons. The molecule has 0 fully saturated rings. The molecule has 0 spiro atoms. The highest BCUT2D eigenvalue weighted by atomic mass is 16.1. The standard InChI is InChI=1S/C13H20N2O/c1-11-5-3-4-6-12(11)7-10-15-13(16)8-9-14-2/h3-6,14H,7-10H2,1-2H3,(H,15,16). The molecule has 1 aromatic carbocycles. The topological polar surface area (TPSA) is 41.1 Å². The van der Waals surface area contributed by atoms with E-state index in [1.54, 1.807) is 0 Å². The van der Waals surface area contributed by atoms with Crippen LogP contribution >= 0.6 is 0 Å². The molecule has 0 radical (unpaired) electrons. The molecule has 1 amide bonds. The van der Waals surface area contributed by atoms with Gasteiger partial charge in [-0.15, -0.1) is 0 Å². The largest absolute Gasteiger partial charge is 0.356 e. The van der Waals surface area contributed by atoms with E-state index in [2.05, 4.69) is 29.7 Å². The molecule has 1 rings (SSSR count). The van der Waals surface area contributed by atoms with Crippen LogP contribution in [0.3, 0.4) is 0 Å². The van der Waals surface area contributed by atoms with Crippen molar-refractivity contribution in [1.29, 1.82) is 0 Å². The molecule has 2 N–H and O–H groups in total. The highest BCUT2D eigenvalue weighted by Gasteiger charge is 2.00. The molecule has 3 heteroatoms. The second-order valence-corrected chi connectivity index (χ2v) is 3.88. The number of aryl methyl sites for hydroxylation is 1. The van der Waals surface area contributed by atoms with Gasteiger partial charge in [0, 0.05) is 19.5 Å². The van der Waals surface area contributed by atoms with Crippen molar-refractivity contribution in [3.05, 3.63) is 35.4 Å². The number of benzene rings is 1. The van der Waals surface area contributed by atoms with Crippen molar-refractivity contribution in [2.75, 3.05) is 20.1 Å². The molecule has 0 aromatic heterocycles. The molecule has 0 heterocycles. The average Bonchev–Trinajstić information content (AvgIpc) is 2.29. The molecule has 0 aliphatic heterocycles. The molecule has 1 aromatic rings. The third-order valence-corrected chi connectivity index (χ3v) is 2.58. The van der Waals surface area contributed by atoms with Crippen LogP contribution in [-0.2, 0) is 11.2 Å². The normalized spacial score (nSPS) is 10.1. The van der Waals surface area contributed by atoms with E-state index in [-0.39, 0.29) is 5.91 Å². The van der Waals surface area contributed by atoms with E-state index in [0.29, 0.717) is 13.0 Å². The van der Waals surface area contributed by atoms with Crippen molar-refractivity contribution < 1.29 is 4.79 Å². The fourth-order valence-electron chi connectivity index (χ4n) is 1.55. The Morgan fingerprint density at radius 3 is 2.69 bits per heavy atom. The number of hydrogen-bond donors (Lipinski definition) is 2. The Kier molecular flexibility index (Phi) is 5.57. The smallest absolute Gasteiger partial charge is 0.221 e. The lowest BCUT2D eigenvalue weighted by molar-refractivity contribution is -0.120. The summed E-state index contributed by atoms with van der Waals surface area (Å²) in [4.78, 5) is 11.3. The first-order valence-electron chi connectivity index (χ1n) is 5.70. The van der Waals surface area contributed by atoms with Gasteiger partial charge in [0.05, 0.1) is 0 Å². The van der Waals surface area contributed by atoms with Crippen molar-refractivity contribution in [1.82, 2.24) is 10.6 Å². The van der Waals surface area contributed by atoms with Gasteiger partial charge in [-0.3, -0.25) is 4.79 Å². The van der Waals surface area contributed by atoms with Crippen molar-refractivity contribution in [2.45, 2.75) is 19.8 Å². The third kappa shape index (κ3) is 4.45. The van der Waals surface area contributed by atoms with E-state index in [0.717, 1.165) is 13.0 Å².